The van der Waals surface area contributed by atoms with Gasteiger partial charge in [0.1, 0.15) is 6.04 Å². The number of nitrogens with one attached hydrogen (secondary N) is 2. The monoisotopic (exact) mass is 405 g/mol. The van der Waals surface area contributed by atoms with Crippen LogP contribution in [0, 0.1) is 5.92 Å². The second-order valence-corrected chi connectivity index (χ2v) is 7.26. The number of hydrogen-bond donors (Lipinski definition) is 2. The summed E-state index contributed by atoms with van der Waals surface area (Å²) in [6, 6.07) is 12.9. The van der Waals surface area contributed by atoms with E-state index in [0.717, 1.165) is 0 Å². The maximum atomic E-state index is 12.5. The van der Waals surface area contributed by atoms with Gasteiger partial charge in [-0.05, 0) is 42.7 Å². The number of halogens is 2. The van der Waals surface area contributed by atoms with Gasteiger partial charge in [-0.15, -0.1) is 0 Å². The Kier molecular flexibility index (Phi) is 7.82. The molecule has 2 rings (SSSR count). The van der Waals surface area contributed by atoms with Crippen molar-refractivity contribution in [2.75, 3.05) is 0 Å². The third kappa shape index (κ3) is 6.70. The normalized spacial score (nSPS) is 12.2. The van der Waals surface area contributed by atoms with Crippen LogP contribution in [-0.2, 0) is 4.79 Å². The number of carbonyl (C=O) groups is 2. The molecule has 0 aliphatic rings. The molecule has 142 valence electrons. The Hall–Kier alpha value is -2.37. The van der Waals surface area contributed by atoms with Crippen LogP contribution in [0.5, 0.6) is 0 Å². The quantitative estimate of drug-likeness (QED) is 0.532. The number of benzene rings is 2. The molecule has 2 aromatic carbocycles. The Labute approximate surface area is 168 Å². The van der Waals surface area contributed by atoms with Crippen molar-refractivity contribution in [3.05, 3.63) is 69.7 Å². The van der Waals surface area contributed by atoms with Gasteiger partial charge in [0.05, 0.1) is 6.21 Å². The number of amides is 2. The zero-order valence-electron chi connectivity index (χ0n) is 15.1. The smallest absolute Gasteiger partial charge is 0.262 e. The molecule has 0 radical (unpaired) electrons. The standard InChI is InChI=1S/C20H21Cl2N3O2/c1-13(2)11-18(24-19(26)14-7-9-16(21)10-8-14)20(27)25-23-12-15-5-3-4-6-17(15)22/h3-10,12-13,18H,11H2,1-2H3,(H,24,26)(H,25,27). The number of carbonyl (C=O) groups excluding carboxylic acids is 2. The Morgan fingerprint density at radius 2 is 1.74 bits per heavy atom. The molecule has 0 spiro atoms. The summed E-state index contributed by atoms with van der Waals surface area (Å²) in [6.07, 6.45) is 1.94. The summed E-state index contributed by atoms with van der Waals surface area (Å²) in [5.41, 5.74) is 3.58. The first-order valence-corrected chi connectivity index (χ1v) is 9.26. The molecule has 0 saturated heterocycles. The lowest BCUT2D eigenvalue weighted by atomic mass is 10.0. The van der Waals surface area contributed by atoms with Crippen LogP contribution in [0.15, 0.2) is 53.6 Å². The average molecular weight is 406 g/mol. The van der Waals surface area contributed by atoms with Gasteiger partial charge < -0.3 is 5.32 Å². The Bertz CT molecular complexity index is 820. The maximum absolute atomic E-state index is 12.5. The van der Waals surface area contributed by atoms with Crippen molar-refractivity contribution in [2.45, 2.75) is 26.3 Å². The highest BCUT2D eigenvalue weighted by Crippen LogP contribution is 2.13. The minimum atomic E-state index is -0.712. The summed E-state index contributed by atoms with van der Waals surface area (Å²) in [5, 5.41) is 7.77. The van der Waals surface area contributed by atoms with Crippen LogP contribution in [0.1, 0.15) is 36.2 Å². The zero-order chi connectivity index (χ0) is 19.8. The molecule has 7 heteroatoms. The van der Waals surface area contributed by atoms with E-state index < -0.39 is 11.9 Å². The summed E-state index contributed by atoms with van der Waals surface area (Å²) in [5.74, 6) is -0.532. The van der Waals surface area contributed by atoms with Crippen molar-refractivity contribution in [3.63, 3.8) is 0 Å². The van der Waals surface area contributed by atoms with Crippen molar-refractivity contribution in [1.82, 2.24) is 10.7 Å². The topological polar surface area (TPSA) is 70.6 Å². The Morgan fingerprint density at radius 3 is 2.37 bits per heavy atom. The molecular formula is C20H21Cl2N3O2. The van der Waals surface area contributed by atoms with Crippen molar-refractivity contribution < 1.29 is 9.59 Å². The van der Waals surface area contributed by atoms with Crippen LogP contribution in [0.4, 0.5) is 0 Å². The molecular weight excluding hydrogens is 385 g/mol. The molecule has 0 heterocycles. The van der Waals surface area contributed by atoms with E-state index >= 15 is 0 Å². The van der Waals surface area contributed by atoms with Crippen molar-refractivity contribution >= 4 is 41.2 Å². The first-order valence-electron chi connectivity index (χ1n) is 8.50. The first kappa shape index (κ1) is 20.9. The number of rotatable bonds is 7. The fraction of sp³-hybridized carbons (Fsp3) is 0.250. The van der Waals surface area contributed by atoms with Crippen LogP contribution >= 0.6 is 23.2 Å². The zero-order valence-corrected chi connectivity index (χ0v) is 16.6. The van der Waals surface area contributed by atoms with Crippen molar-refractivity contribution in [1.29, 1.82) is 0 Å². The van der Waals surface area contributed by atoms with E-state index in [2.05, 4.69) is 15.8 Å². The molecule has 0 fully saturated rings. The molecule has 2 aromatic rings. The summed E-state index contributed by atoms with van der Waals surface area (Å²) >= 11 is 11.9. The maximum Gasteiger partial charge on any atom is 0.262 e. The van der Waals surface area contributed by atoms with Gasteiger partial charge in [-0.3, -0.25) is 9.59 Å². The van der Waals surface area contributed by atoms with E-state index in [9.17, 15) is 9.59 Å². The Balaban J connectivity index is 2.03. The van der Waals surface area contributed by atoms with E-state index in [1.54, 1.807) is 36.4 Å². The van der Waals surface area contributed by atoms with Gasteiger partial charge >= 0.3 is 0 Å². The summed E-state index contributed by atoms with van der Waals surface area (Å²) < 4.78 is 0. The number of hydrogen-bond acceptors (Lipinski definition) is 3. The van der Waals surface area contributed by atoms with Gasteiger partial charge in [0, 0.05) is 21.2 Å². The third-order valence-corrected chi connectivity index (χ3v) is 4.32. The second kappa shape index (κ2) is 10.1. The van der Waals surface area contributed by atoms with Crippen molar-refractivity contribution in [3.8, 4) is 0 Å². The number of hydrazone groups is 1. The molecule has 5 nitrogen and oxygen atoms in total. The van der Waals surface area contributed by atoms with E-state index in [0.29, 0.717) is 27.6 Å². The molecule has 0 bridgehead atoms. The summed E-state index contributed by atoms with van der Waals surface area (Å²) in [4.78, 5) is 24.9. The summed E-state index contributed by atoms with van der Waals surface area (Å²) in [7, 11) is 0. The fourth-order valence-electron chi connectivity index (χ4n) is 2.37. The predicted molar refractivity (Wildman–Crippen MR) is 109 cm³/mol. The largest absolute Gasteiger partial charge is 0.340 e. The molecule has 0 aliphatic carbocycles. The first-order chi connectivity index (χ1) is 12.9. The van der Waals surface area contributed by atoms with Crippen LogP contribution in [0.25, 0.3) is 0 Å². The van der Waals surface area contributed by atoms with Crippen LogP contribution in [0.2, 0.25) is 10.0 Å². The molecule has 1 atom stereocenters. The second-order valence-electron chi connectivity index (χ2n) is 6.42. The lowest BCUT2D eigenvalue weighted by molar-refractivity contribution is -0.123. The molecule has 1 unspecified atom stereocenters. The average Bonchev–Trinajstić information content (AvgIpc) is 2.62. The lowest BCUT2D eigenvalue weighted by Crippen LogP contribution is -2.46. The van der Waals surface area contributed by atoms with E-state index in [4.69, 9.17) is 23.2 Å². The highest BCUT2D eigenvalue weighted by Gasteiger charge is 2.22. The fourth-order valence-corrected chi connectivity index (χ4v) is 2.68. The van der Waals surface area contributed by atoms with Crippen LogP contribution < -0.4 is 10.7 Å². The third-order valence-electron chi connectivity index (χ3n) is 3.72. The highest BCUT2D eigenvalue weighted by atomic mass is 35.5. The van der Waals surface area contributed by atoms with Gasteiger partial charge in [0.2, 0.25) is 0 Å². The molecule has 0 aliphatic heterocycles. The predicted octanol–water partition coefficient (Wildman–Crippen LogP) is 4.29. The molecule has 0 saturated carbocycles. The van der Waals surface area contributed by atoms with Gasteiger partial charge in [0.25, 0.3) is 11.8 Å². The molecule has 27 heavy (non-hydrogen) atoms. The highest BCUT2D eigenvalue weighted by molar-refractivity contribution is 6.33. The molecule has 2 N–H and O–H groups in total. The van der Waals surface area contributed by atoms with Gasteiger partial charge in [-0.25, -0.2) is 5.43 Å². The number of nitrogens with zero attached hydrogens (tertiary/aromatic N) is 1. The minimum Gasteiger partial charge on any atom is -0.340 e. The van der Waals surface area contributed by atoms with Crippen LogP contribution in [0.3, 0.4) is 0 Å². The summed E-state index contributed by atoms with van der Waals surface area (Å²) in [6.45, 7) is 3.95. The van der Waals surface area contributed by atoms with E-state index in [1.165, 1.54) is 6.21 Å². The van der Waals surface area contributed by atoms with Gasteiger partial charge in [0.15, 0.2) is 0 Å². The molecule has 0 aromatic heterocycles. The Morgan fingerprint density at radius 1 is 1.07 bits per heavy atom. The van der Waals surface area contributed by atoms with Crippen LogP contribution in [-0.4, -0.2) is 24.1 Å². The van der Waals surface area contributed by atoms with Crippen molar-refractivity contribution in [2.24, 2.45) is 11.0 Å². The SMILES string of the molecule is CC(C)CC(NC(=O)c1ccc(Cl)cc1)C(=O)NN=Cc1ccccc1Cl. The van der Waals surface area contributed by atoms with E-state index in [-0.39, 0.29) is 11.8 Å². The van der Waals surface area contributed by atoms with Gasteiger partial charge in [-0.1, -0.05) is 55.2 Å². The van der Waals surface area contributed by atoms with Gasteiger partial charge in [-0.2, -0.15) is 5.10 Å². The van der Waals surface area contributed by atoms with E-state index in [1.807, 2.05) is 26.0 Å². The molecule has 2 amide bonds. The lowest BCUT2D eigenvalue weighted by Gasteiger charge is -2.19. The minimum absolute atomic E-state index is 0.207.